The second kappa shape index (κ2) is 8.76. The van der Waals surface area contributed by atoms with Gasteiger partial charge in [0.2, 0.25) is 6.08 Å². The van der Waals surface area contributed by atoms with E-state index in [9.17, 15) is 4.79 Å². The summed E-state index contributed by atoms with van der Waals surface area (Å²) in [6, 6.07) is 0. The summed E-state index contributed by atoms with van der Waals surface area (Å²) in [7, 11) is -0.921. The van der Waals surface area contributed by atoms with Gasteiger partial charge in [0.15, 0.2) is 9.52 Å². The normalized spacial score (nSPS) is 11.9. The van der Waals surface area contributed by atoms with E-state index in [1.165, 1.54) is 6.08 Å². The Balaban J connectivity index is 4.36. The Morgan fingerprint density at radius 3 is 1.93 bits per heavy atom. The molecule has 0 aromatic heterocycles. The summed E-state index contributed by atoms with van der Waals surface area (Å²) in [5.41, 5.74) is -0.932. The molecule has 0 aliphatic heterocycles. The maximum atomic E-state index is 9.97. The molecule has 0 atom stereocenters. The van der Waals surface area contributed by atoms with Crippen molar-refractivity contribution in [2.45, 2.75) is 26.4 Å². The molecule has 0 fully saturated rings. The molecule has 0 aromatic rings. The maximum absolute atomic E-state index is 9.97. The molecule has 0 saturated carbocycles. The summed E-state index contributed by atoms with van der Waals surface area (Å²) in [6.45, 7) is 7.17. The predicted molar refractivity (Wildman–Crippen MR) is 59.1 cm³/mol. The van der Waals surface area contributed by atoms with E-state index in [2.05, 4.69) is 4.99 Å². The van der Waals surface area contributed by atoms with Gasteiger partial charge in [-0.25, -0.2) is 9.79 Å². The van der Waals surface area contributed by atoms with Crippen LogP contribution in [0.25, 0.3) is 0 Å². The van der Waals surface area contributed by atoms with Gasteiger partial charge in [-0.3, -0.25) is 0 Å². The molecule has 6 heteroatoms. The second-order valence-electron chi connectivity index (χ2n) is 2.71. The third-order valence-corrected chi connectivity index (χ3v) is 3.36. The van der Waals surface area contributed by atoms with E-state index in [1.54, 1.807) is 0 Å². The largest absolute Gasteiger partial charge is 0.332 e. The Kier molecular flexibility index (Phi) is 8.45. The first-order chi connectivity index (χ1) is 7.24. The minimum absolute atomic E-state index is 0.420. The minimum atomic E-state index is -0.932. The summed E-state index contributed by atoms with van der Waals surface area (Å²) in [5.74, 6) is 0. The van der Waals surface area contributed by atoms with E-state index < -0.39 is 15.1 Å². The molecule has 0 N–H and O–H groups in total. The van der Waals surface area contributed by atoms with E-state index in [4.69, 9.17) is 14.2 Å². The van der Waals surface area contributed by atoms with E-state index in [-0.39, 0.29) is 0 Å². The first-order valence-corrected chi connectivity index (χ1v) is 6.90. The van der Waals surface area contributed by atoms with Crippen molar-refractivity contribution in [2.75, 3.05) is 26.0 Å². The summed E-state index contributed by atoms with van der Waals surface area (Å²) >= 11 is 0. The fourth-order valence-electron chi connectivity index (χ4n) is 1.24. The highest BCUT2D eigenvalue weighted by molar-refractivity contribution is 6.38. The van der Waals surface area contributed by atoms with E-state index in [0.717, 1.165) is 0 Å². The van der Waals surface area contributed by atoms with Crippen LogP contribution in [-0.2, 0) is 19.0 Å². The number of aliphatic imine (C=N–C) groups is 1. The van der Waals surface area contributed by atoms with Crippen molar-refractivity contribution >= 4 is 15.6 Å². The molecule has 0 saturated heterocycles. The molecule has 0 rings (SSSR count). The van der Waals surface area contributed by atoms with Crippen LogP contribution in [0, 0.1) is 0 Å². The van der Waals surface area contributed by atoms with E-state index in [0.29, 0.717) is 26.0 Å². The van der Waals surface area contributed by atoms with Crippen molar-refractivity contribution in [3.8, 4) is 0 Å². The number of carbonyl (C=O) groups excluding carboxylic acids is 1. The molecule has 0 heterocycles. The number of hydrogen-bond acceptors (Lipinski definition) is 5. The number of nitrogens with zero attached hydrogens (tertiary/aromatic N) is 1. The Morgan fingerprint density at radius 1 is 1.13 bits per heavy atom. The minimum Gasteiger partial charge on any atom is -0.332 e. The van der Waals surface area contributed by atoms with Gasteiger partial charge in [-0.15, -0.1) is 0 Å². The molecule has 0 spiro atoms. The standard InChI is InChI=1S/C9H19NO4Si/c1-4-12-9(13-5-2,14-6-3)15-8-10-7-11/h4-6,8,15H2,1-3H3. The molecule has 0 bridgehead atoms. The lowest BCUT2D eigenvalue weighted by molar-refractivity contribution is -0.323. The van der Waals surface area contributed by atoms with Gasteiger partial charge >= 0.3 is 0 Å². The zero-order valence-corrected chi connectivity index (χ0v) is 11.0. The lowest BCUT2D eigenvalue weighted by atomic mass is 10.8. The lowest BCUT2D eigenvalue weighted by Crippen LogP contribution is -2.46. The number of isocyanates is 1. The summed E-state index contributed by atoms with van der Waals surface area (Å²) in [5, 5.41) is 0. The Bertz CT molecular complexity index is 189. The molecule has 88 valence electrons. The van der Waals surface area contributed by atoms with Crippen LogP contribution in [0.15, 0.2) is 4.99 Å². The number of hydrogen-bond donors (Lipinski definition) is 0. The van der Waals surface area contributed by atoms with Crippen molar-refractivity contribution in [2.24, 2.45) is 4.99 Å². The quantitative estimate of drug-likeness (QED) is 0.246. The molecule has 5 nitrogen and oxygen atoms in total. The van der Waals surface area contributed by atoms with Gasteiger partial charge in [0.1, 0.15) is 0 Å². The van der Waals surface area contributed by atoms with Crippen LogP contribution in [0.2, 0.25) is 0 Å². The molecule has 0 radical (unpaired) electrons. The Labute approximate surface area is 92.6 Å². The highest BCUT2D eigenvalue weighted by atomic mass is 28.2. The highest BCUT2D eigenvalue weighted by Crippen LogP contribution is 2.14. The molecule has 0 amide bonds. The fourth-order valence-corrected chi connectivity index (χ4v) is 2.76. The van der Waals surface area contributed by atoms with Gasteiger partial charge in [0.05, 0.1) is 0 Å². The van der Waals surface area contributed by atoms with Crippen LogP contribution in [0.3, 0.4) is 0 Å². The smallest absolute Gasteiger partial charge is 0.251 e. The Morgan fingerprint density at radius 2 is 1.60 bits per heavy atom. The zero-order chi connectivity index (χ0) is 11.6. The average Bonchev–Trinajstić information content (AvgIpc) is 2.19. The van der Waals surface area contributed by atoms with Gasteiger partial charge in [-0.05, 0) is 20.8 Å². The molecule has 0 aromatic carbocycles. The van der Waals surface area contributed by atoms with Crippen LogP contribution in [0.4, 0.5) is 0 Å². The van der Waals surface area contributed by atoms with Crippen molar-refractivity contribution in [3.63, 3.8) is 0 Å². The second-order valence-corrected chi connectivity index (χ2v) is 4.52. The van der Waals surface area contributed by atoms with Gasteiger partial charge in [-0.2, -0.15) is 0 Å². The molecule has 0 unspecified atom stereocenters. The van der Waals surface area contributed by atoms with Crippen LogP contribution < -0.4 is 0 Å². The van der Waals surface area contributed by atoms with Crippen molar-refractivity contribution in [1.29, 1.82) is 0 Å². The monoisotopic (exact) mass is 233 g/mol. The Hall–Kier alpha value is -0.523. The van der Waals surface area contributed by atoms with Crippen molar-refractivity contribution in [3.05, 3.63) is 0 Å². The summed E-state index contributed by atoms with van der Waals surface area (Å²) < 4.78 is 16.5. The first kappa shape index (κ1) is 14.5. The van der Waals surface area contributed by atoms with Gasteiger partial charge in [0, 0.05) is 26.0 Å². The highest BCUT2D eigenvalue weighted by Gasteiger charge is 2.31. The van der Waals surface area contributed by atoms with E-state index in [1.807, 2.05) is 20.8 Å². The van der Waals surface area contributed by atoms with Crippen molar-refractivity contribution < 1.29 is 19.0 Å². The molecular weight excluding hydrogens is 214 g/mol. The fraction of sp³-hybridized carbons (Fsp3) is 0.889. The first-order valence-electron chi connectivity index (χ1n) is 5.20. The van der Waals surface area contributed by atoms with Gasteiger partial charge in [-0.1, -0.05) is 0 Å². The maximum Gasteiger partial charge on any atom is 0.251 e. The van der Waals surface area contributed by atoms with Crippen molar-refractivity contribution in [1.82, 2.24) is 0 Å². The van der Waals surface area contributed by atoms with Gasteiger partial charge in [0.25, 0.3) is 5.60 Å². The summed E-state index contributed by atoms with van der Waals surface area (Å²) in [6.07, 6.45) is 1.93. The third-order valence-electron chi connectivity index (χ3n) is 1.69. The van der Waals surface area contributed by atoms with Crippen LogP contribution >= 0.6 is 0 Å². The van der Waals surface area contributed by atoms with Gasteiger partial charge < -0.3 is 14.2 Å². The SMILES string of the molecule is CCOC(OCC)(OCC)[SiH2]CN=C=O. The number of ether oxygens (including phenoxy) is 3. The number of rotatable bonds is 9. The average molecular weight is 233 g/mol. The molecule has 15 heavy (non-hydrogen) atoms. The molecule has 0 aliphatic carbocycles. The third kappa shape index (κ3) is 5.81. The molecular formula is C9H19NO4Si. The lowest BCUT2D eigenvalue weighted by Gasteiger charge is -2.31. The van der Waals surface area contributed by atoms with E-state index >= 15 is 0 Å². The summed E-state index contributed by atoms with van der Waals surface area (Å²) in [4.78, 5) is 13.5. The zero-order valence-electron chi connectivity index (χ0n) is 9.62. The molecule has 0 aliphatic rings. The van der Waals surface area contributed by atoms with Crippen LogP contribution in [0.1, 0.15) is 20.8 Å². The predicted octanol–water partition coefficient (Wildman–Crippen LogP) is 0.169. The van der Waals surface area contributed by atoms with Crippen LogP contribution in [0.5, 0.6) is 0 Å². The topological polar surface area (TPSA) is 57.1 Å². The van der Waals surface area contributed by atoms with Crippen LogP contribution in [-0.4, -0.2) is 47.2 Å².